The smallest absolute Gasteiger partial charge is 0.257 e. The highest BCUT2D eigenvalue weighted by atomic mass is 32.2. The van der Waals surface area contributed by atoms with Gasteiger partial charge in [-0.1, -0.05) is 45.7 Å². The van der Waals surface area contributed by atoms with Crippen LogP contribution in [0.2, 0.25) is 0 Å². The summed E-state index contributed by atoms with van der Waals surface area (Å²) in [5.41, 5.74) is 1.52. The molecule has 1 heterocycles. The maximum atomic E-state index is 13.1. The molecule has 2 aromatic rings. The third kappa shape index (κ3) is 6.73. The van der Waals surface area contributed by atoms with Crippen molar-refractivity contribution in [1.29, 1.82) is 0 Å². The molecule has 1 aliphatic heterocycles. The van der Waals surface area contributed by atoms with Crippen LogP contribution >= 0.6 is 0 Å². The second kappa shape index (κ2) is 11.2. The maximum Gasteiger partial charge on any atom is 0.257 e. The zero-order chi connectivity index (χ0) is 24.8. The van der Waals surface area contributed by atoms with Crippen LogP contribution in [0, 0.1) is 0 Å². The van der Waals surface area contributed by atoms with Crippen molar-refractivity contribution in [2.24, 2.45) is 0 Å². The molecule has 1 fully saturated rings. The lowest BCUT2D eigenvalue weighted by molar-refractivity contribution is 0.0758. The Labute approximate surface area is 203 Å². The van der Waals surface area contributed by atoms with Crippen molar-refractivity contribution in [3.05, 3.63) is 53.6 Å². The molecule has 0 unspecified atom stereocenters. The van der Waals surface area contributed by atoms with Gasteiger partial charge in [-0.3, -0.25) is 4.79 Å². The minimum absolute atomic E-state index is 0.0287. The molecule has 0 spiro atoms. The summed E-state index contributed by atoms with van der Waals surface area (Å²) in [6.07, 6.45) is 4.10. The Kier molecular flexibility index (Phi) is 8.60. The van der Waals surface area contributed by atoms with E-state index in [0.717, 1.165) is 25.7 Å². The largest absolute Gasteiger partial charge is 0.496 e. The first-order chi connectivity index (χ1) is 16.1. The van der Waals surface area contributed by atoms with Gasteiger partial charge >= 0.3 is 0 Å². The van der Waals surface area contributed by atoms with E-state index in [1.54, 1.807) is 4.90 Å². The topological polar surface area (TPSA) is 84.9 Å². The van der Waals surface area contributed by atoms with E-state index in [-0.39, 0.29) is 34.9 Å². The number of amides is 1. The van der Waals surface area contributed by atoms with Gasteiger partial charge in [0.05, 0.1) is 17.6 Å². The molecule has 186 valence electrons. The van der Waals surface area contributed by atoms with Gasteiger partial charge in [-0.25, -0.2) is 13.1 Å². The third-order valence-corrected chi connectivity index (χ3v) is 7.45. The number of rotatable bonds is 8. The van der Waals surface area contributed by atoms with E-state index < -0.39 is 10.0 Å². The molecule has 0 aromatic heterocycles. The molecule has 1 N–H and O–H groups in total. The van der Waals surface area contributed by atoms with Gasteiger partial charge in [-0.2, -0.15) is 0 Å². The van der Waals surface area contributed by atoms with Crippen LogP contribution in [-0.2, 0) is 15.4 Å². The molecule has 0 bridgehead atoms. The number of nitrogens with zero attached hydrogens (tertiary/aromatic N) is 1. The fourth-order valence-corrected chi connectivity index (χ4v) is 4.98. The van der Waals surface area contributed by atoms with E-state index in [1.165, 1.54) is 30.9 Å². The molecule has 3 rings (SSSR count). The van der Waals surface area contributed by atoms with Crippen molar-refractivity contribution in [2.75, 3.05) is 33.4 Å². The third-order valence-electron chi connectivity index (χ3n) is 5.99. The first-order valence-electron chi connectivity index (χ1n) is 11.8. The first kappa shape index (κ1) is 26.0. The van der Waals surface area contributed by atoms with Crippen LogP contribution in [0.15, 0.2) is 47.4 Å². The van der Waals surface area contributed by atoms with Crippen molar-refractivity contribution in [1.82, 2.24) is 9.62 Å². The molecule has 0 radical (unpaired) electrons. The normalized spacial score (nSPS) is 15.0. The Morgan fingerprint density at radius 2 is 1.65 bits per heavy atom. The van der Waals surface area contributed by atoms with E-state index in [9.17, 15) is 13.2 Å². The van der Waals surface area contributed by atoms with Gasteiger partial charge in [-0.05, 0) is 54.2 Å². The highest BCUT2D eigenvalue weighted by molar-refractivity contribution is 7.89. The van der Waals surface area contributed by atoms with Gasteiger partial charge in [0.15, 0.2) is 0 Å². The lowest BCUT2D eigenvalue weighted by atomic mass is 9.87. The molecule has 1 saturated heterocycles. The number of nitrogens with one attached hydrogen (secondary N) is 1. The van der Waals surface area contributed by atoms with Gasteiger partial charge < -0.3 is 14.4 Å². The number of likely N-dealkylation sites (tertiary alicyclic amines) is 1. The van der Waals surface area contributed by atoms with Crippen LogP contribution in [0.25, 0.3) is 0 Å². The monoisotopic (exact) mass is 488 g/mol. The minimum Gasteiger partial charge on any atom is -0.496 e. The molecule has 7 nitrogen and oxygen atoms in total. The summed E-state index contributed by atoms with van der Waals surface area (Å²) in [5.74, 6) is 0.857. The maximum absolute atomic E-state index is 13.1. The summed E-state index contributed by atoms with van der Waals surface area (Å²) in [6, 6.07) is 12.2. The minimum atomic E-state index is -3.82. The molecule has 0 aliphatic carbocycles. The van der Waals surface area contributed by atoms with Crippen LogP contribution in [0.3, 0.4) is 0 Å². The van der Waals surface area contributed by atoms with Gasteiger partial charge in [0.1, 0.15) is 18.1 Å². The Morgan fingerprint density at radius 1 is 1.00 bits per heavy atom. The fourth-order valence-electron chi connectivity index (χ4n) is 3.94. The summed E-state index contributed by atoms with van der Waals surface area (Å²) in [5, 5.41) is 0. The van der Waals surface area contributed by atoms with E-state index in [2.05, 4.69) is 25.5 Å². The van der Waals surface area contributed by atoms with Crippen molar-refractivity contribution in [2.45, 2.75) is 56.8 Å². The number of hydrogen-bond acceptors (Lipinski definition) is 5. The average molecular weight is 489 g/mol. The number of ether oxygens (including phenoxy) is 2. The zero-order valence-electron chi connectivity index (χ0n) is 20.6. The number of carbonyl (C=O) groups is 1. The number of carbonyl (C=O) groups excluding carboxylic acids is 1. The summed E-state index contributed by atoms with van der Waals surface area (Å²) >= 11 is 0. The van der Waals surface area contributed by atoms with E-state index >= 15 is 0 Å². The number of benzene rings is 2. The fraction of sp³-hybridized carbons (Fsp3) is 0.500. The standard InChI is InChI=1S/C26H36N2O5S/c1-26(2,3)20-9-11-21(12-10-20)33-18-15-27-34(30,31)22-13-14-24(32-4)23(19-22)25(29)28-16-7-5-6-8-17-28/h9-14,19,27H,5-8,15-18H2,1-4H3. The van der Waals surface area contributed by atoms with E-state index in [1.807, 2.05) is 24.3 Å². The predicted molar refractivity (Wildman–Crippen MR) is 133 cm³/mol. The molecule has 0 atom stereocenters. The van der Waals surface area contributed by atoms with E-state index in [0.29, 0.717) is 24.6 Å². The molecule has 1 amide bonds. The SMILES string of the molecule is COc1ccc(S(=O)(=O)NCCOc2ccc(C(C)(C)C)cc2)cc1C(=O)N1CCCCCC1. The molecular weight excluding hydrogens is 452 g/mol. The summed E-state index contributed by atoms with van der Waals surface area (Å²) in [7, 11) is -2.34. The van der Waals surface area contributed by atoms with Crippen molar-refractivity contribution >= 4 is 15.9 Å². The Morgan fingerprint density at radius 3 is 2.24 bits per heavy atom. The van der Waals surface area contributed by atoms with Crippen LogP contribution in [0.4, 0.5) is 0 Å². The lowest BCUT2D eigenvalue weighted by Crippen LogP contribution is -2.32. The quantitative estimate of drug-likeness (QED) is 0.558. The Balaban J connectivity index is 1.64. The van der Waals surface area contributed by atoms with Crippen LogP contribution in [0.5, 0.6) is 11.5 Å². The first-order valence-corrected chi connectivity index (χ1v) is 13.3. The highest BCUT2D eigenvalue weighted by Crippen LogP contribution is 2.26. The molecule has 2 aromatic carbocycles. The summed E-state index contributed by atoms with van der Waals surface area (Å²) in [4.78, 5) is 14.9. The van der Waals surface area contributed by atoms with Crippen molar-refractivity contribution in [3.63, 3.8) is 0 Å². The van der Waals surface area contributed by atoms with E-state index in [4.69, 9.17) is 9.47 Å². The van der Waals surface area contributed by atoms with Crippen molar-refractivity contribution in [3.8, 4) is 11.5 Å². The molecule has 8 heteroatoms. The zero-order valence-corrected chi connectivity index (χ0v) is 21.4. The second-order valence-corrected chi connectivity index (χ2v) is 11.4. The molecule has 1 aliphatic rings. The second-order valence-electron chi connectivity index (χ2n) is 9.59. The Bertz CT molecular complexity index is 1070. The number of sulfonamides is 1. The predicted octanol–water partition coefficient (Wildman–Crippen LogP) is 4.37. The lowest BCUT2D eigenvalue weighted by Gasteiger charge is -2.22. The van der Waals surface area contributed by atoms with Gasteiger partial charge in [-0.15, -0.1) is 0 Å². The summed E-state index contributed by atoms with van der Waals surface area (Å²) in [6.45, 7) is 8.06. The average Bonchev–Trinajstić information content (AvgIpc) is 3.10. The summed E-state index contributed by atoms with van der Waals surface area (Å²) < 4.78 is 39.3. The van der Waals surface area contributed by atoms with Gasteiger partial charge in [0.25, 0.3) is 5.91 Å². The Hall–Kier alpha value is -2.58. The molecular formula is C26H36N2O5S. The van der Waals surface area contributed by atoms with Crippen LogP contribution < -0.4 is 14.2 Å². The van der Waals surface area contributed by atoms with Crippen LogP contribution in [0.1, 0.15) is 62.4 Å². The highest BCUT2D eigenvalue weighted by Gasteiger charge is 2.24. The molecule has 0 saturated carbocycles. The van der Waals surface area contributed by atoms with Gasteiger partial charge in [0.2, 0.25) is 10.0 Å². The van der Waals surface area contributed by atoms with Crippen LogP contribution in [-0.4, -0.2) is 52.6 Å². The number of methoxy groups -OCH3 is 1. The van der Waals surface area contributed by atoms with Crippen molar-refractivity contribution < 1.29 is 22.7 Å². The number of hydrogen-bond donors (Lipinski definition) is 1. The van der Waals surface area contributed by atoms with Gasteiger partial charge in [0, 0.05) is 19.6 Å². The molecule has 34 heavy (non-hydrogen) atoms.